The van der Waals surface area contributed by atoms with Crippen LogP contribution in [0.1, 0.15) is 68.3 Å². The highest BCUT2D eigenvalue weighted by Crippen LogP contribution is 2.59. The second-order valence-electron chi connectivity index (χ2n) is 7.89. The zero-order chi connectivity index (χ0) is 17.8. The number of aliphatic hydroxyl groups excluding tert-OH is 1. The van der Waals surface area contributed by atoms with E-state index in [0.29, 0.717) is 12.0 Å². The molecule has 1 fully saturated rings. The van der Waals surface area contributed by atoms with Crippen LogP contribution in [0.2, 0.25) is 0 Å². The molecule has 1 aromatic rings. The van der Waals surface area contributed by atoms with Crippen LogP contribution in [0.4, 0.5) is 0 Å². The molecular weight excluding hydrogens is 308 g/mol. The molecule has 0 bridgehead atoms. The number of aryl methyl sites for hydroxylation is 1. The van der Waals surface area contributed by atoms with Crippen molar-refractivity contribution in [2.24, 2.45) is 23.2 Å². The molecule has 2 aliphatic carbocycles. The largest absolute Gasteiger partial charge is 0.460 e. The van der Waals surface area contributed by atoms with Crippen molar-refractivity contribution in [3.05, 3.63) is 23.2 Å². The van der Waals surface area contributed by atoms with Crippen LogP contribution in [-0.4, -0.2) is 23.0 Å². The fourth-order valence-electron chi connectivity index (χ4n) is 4.36. The Bertz CT molecular complexity index is 673. The van der Waals surface area contributed by atoms with Crippen LogP contribution in [0, 0.1) is 30.1 Å². The number of hydrogen-bond donors (Lipinski definition) is 1. The molecule has 0 amide bonds. The minimum atomic E-state index is -0.738. The molecule has 1 N–H and O–H groups in total. The van der Waals surface area contributed by atoms with Crippen molar-refractivity contribution in [3.63, 3.8) is 0 Å². The first-order chi connectivity index (χ1) is 11.2. The Morgan fingerprint density at radius 1 is 1.42 bits per heavy atom. The molecule has 5 heteroatoms. The van der Waals surface area contributed by atoms with Gasteiger partial charge in [0.15, 0.2) is 5.76 Å². The minimum Gasteiger partial charge on any atom is -0.460 e. The summed E-state index contributed by atoms with van der Waals surface area (Å²) in [7, 11) is 0. The number of aliphatic hydroxyl groups is 1. The van der Waals surface area contributed by atoms with Gasteiger partial charge in [-0.25, -0.2) is 0 Å². The minimum absolute atomic E-state index is 0.141. The summed E-state index contributed by atoms with van der Waals surface area (Å²) < 4.78 is 11.4. The first-order valence-corrected chi connectivity index (χ1v) is 8.70. The van der Waals surface area contributed by atoms with Crippen molar-refractivity contribution in [2.45, 2.75) is 59.7 Å². The number of ketones is 1. The number of hydrogen-bond acceptors (Lipinski definition) is 5. The second kappa shape index (κ2) is 5.73. The third-order valence-electron chi connectivity index (χ3n) is 6.07. The molecule has 1 saturated carbocycles. The summed E-state index contributed by atoms with van der Waals surface area (Å²) in [6.45, 7) is 9.48. The maximum Gasteiger partial charge on any atom is 0.309 e. The van der Waals surface area contributed by atoms with E-state index in [4.69, 9.17) is 9.15 Å². The average molecular weight is 334 g/mol. The van der Waals surface area contributed by atoms with Gasteiger partial charge in [-0.2, -0.15) is 0 Å². The normalized spacial score (nSPS) is 35.5. The molecule has 24 heavy (non-hydrogen) atoms. The Morgan fingerprint density at radius 2 is 2.08 bits per heavy atom. The lowest BCUT2D eigenvalue weighted by Gasteiger charge is -2.53. The lowest BCUT2D eigenvalue weighted by molar-refractivity contribution is -0.176. The van der Waals surface area contributed by atoms with Crippen molar-refractivity contribution in [2.75, 3.05) is 0 Å². The van der Waals surface area contributed by atoms with Gasteiger partial charge in [0.2, 0.25) is 5.78 Å². The van der Waals surface area contributed by atoms with E-state index in [-0.39, 0.29) is 29.3 Å². The Labute approximate surface area is 142 Å². The highest BCUT2D eigenvalue weighted by Gasteiger charge is 2.61. The predicted molar refractivity (Wildman–Crippen MR) is 87.4 cm³/mol. The maximum atomic E-state index is 13.0. The summed E-state index contributed by atoms with van der Waals surface area (Å²) in [5.74, 6) is -0.954. The van der Waals surface area contributed by atoms with Gasteiger partial charge in [0.05, 0.1) is 24.2 Å². The second-order valence-corrected chi connectivity index (χ2v) is 7.89. The molecule has 0 radical (unpaired) electrons. The molecule has 0 spiro atoms. The number of carbonyl (C=O) groups is 2. The first-order valence-electron chi connectivity index (χ1n) is 8.70. The van der Waals surface area contributed by atoms with Crippen LogP contribution in [0.25, 0.3) is 0 Å². The van der Waals surface area contributed by atoms with Gasteiger partial charge in [0.1, 0.15) is 6.10 Å². The highest BCUT2D eigenvalue weighted by molar-refractivity contribution is 5.99. The van der Waals surface area contributed by atoms with Gasteiger partial charge in [0, 0.05) is 11.0 Å². The van der Waals surface area contributed by atoms with Gasteiger partial charge < -0.3 is 14.3 Å². The van der Waals surface area contributed by atoms with Crippen LogP contribution in [0.5, 0.6) is 0 Å². The van der Waals surface area contributed by atoms with Crippen LogP contribution >= 0.6 is 0 Å². The van der Waals surface area contributed by atoms with Gasteiger partial charge in [-0.1, -0.05) is 27.7 Å². The van der Waals surface area contributed by atoms with E-state index >= 15 is 0 Å². The lowest BCUT2D eigenvalue weighted by Crippen LogP contribution is -2.55. The first kappa shape index (κ1) is 17.2. The molecule has 0 aliphatic heterocycles. The monoisotopic (exact) mass is 334 g/mol. The van der Waals surface area contributed by atoms with Crippen LogP contribution in [0.15, 0.2) is 10.7 Å². The van der Waals surface area contributed by atoms with E-state index in [1.165, 1.54) is 6.26 Å². The van der Waals surface area contributed by atoms with Gasteiger partial charge in [0.25, 0.3) is 0 Å². The maximum absolute atomic E-state index is 13.0. The quantitative estimate of drug-likeness (QED) is 0.838. The molecule has 132 valence electrons. The van der Waals surface area contributed by atoms with Crippen molar-refractivity contribution < 1.29 is 23.8 Å². The van der Waals surface area contributed by atoms with Crippen molar-refractivity contribution in [3.8, 4) is 0 Å². The summed E-state index contributed by atoms with van der Waals surface area (Å²) in [4.78, 5) is 25.3. The van der Waals surface area contributed by atoms with Crippen molar-refractivity contribution in [1.82, 2.24) is 0 Å². The molecule has 5 atom stereocenters. The topological polar surface area (TPSA) is 76.7 Å². The zero-order valence-corrected chi connectivity index (χ0v) is 15.0. The molecule has 1 aromatic heterocycles. The number of carbonyl (C=O) groups excluding carboxylic acids is 2. The molecule has 3 rings (SSSR count). The molecular formula is C19H26O5. The number of fused-ring (bicyclic) bond motifs is 2. The van der Waals surface area contributed by atoms with E-state index < -0.39 is 23.5 Å². The third-order valence-corrected chi connectivity index (χ3v) is 6.07. The third kappa shape index (κ3) is 2.25. The number of ether oxygens (including phenoxy) is 1. The summed E-state index contributed by atoms with van der Waals surface area (Å²) in [5.41, 5.74) is 0.849. The SMILES string of the molecule is Cc1coc2c1[C@@H](OC(=O)C(C)C)[C@]1(C)[C@H](C)CC[C@H](O)[C@@H]1C2=O. The molecule has 0 aromatic carbocycles. The summed E-state index contributed by atoms with van der Waals surface area (Å²) in [6, 6.07) is 0. The van der Waals surface area contributed by atoms with Crippen molar-refractivity contribution in [1.29, 1.82) is 0 Å². The Balaban J connectivity index is 2.18. The Kier molecular flexibility index (Phi) is 4.11. The fourth-order valence-corrected chi connectivity index (χ4v) is 4.36. The number of Topliss-reactive ketones (excluding diaryl/α,β-unsaturated/α-hetero) is 1. The van der Waals surface area contributed by atoms with E-state index in [1.807, 2.05) is 13.8 Å². The van der Waals surface area contributed by atoms with Crippen molar-refractivity contribution >= 4 is 11.8 Å². The van der Waals surface area contributed by atoms with E-state index in [2.05, 4.69) is 6.92 Å². The van der Waals surface area contributed by atoms with Crippen LogP contribution in [0.3, 0.4) is 0 Å². The fraction of sp³-hybridized carbons (Fsp3) is 0.684. The van der Waals surface area contributed by atoms with E-state index in [9.17, 15) is 14.7 Å². The summed E-state index contributed by atoms with van der Waals surface area (Å²) >= 11 is 0. The average Bonchev–Trinajstić information content (AvgIpc) is 2.89. The van der Waals surface area contributed by atoms with Gasteiger partial charge in [-0.3, -0.25) is 9.59 Å². The molecule has 5 nitrogen and oxygen atoms in total. The van der Waals surface area contributed by atoms with E-state index in [1.54, 1.807) is 13.8 Å². The molecule has 1 heterocycles. The lowest BCUT2D eigenvalue weighted by atomic mass is 9.53. The van der Waals surface area contributed by atoms with Crippen LogP contribution in [-0.2, 0) is 9.53 Å². The zero-order valence-electron chi connectivity index (χ0n) is 15.0. The molecule has 0 saturated heterocycles. The van der Waals surface area contributed by atoms with Gasteiger partial charge in [-0.15, -0.1) is 0 Å². The predicted octanol–water partition coefficient (Wildman–Crippen LogP) is 3.44. The van der Waals surface area contributed by atoms with E-state index in [0.717, 1.165) is 12.0 Å². The number of rotatable bonds is 2. The standard InChI is InChI=1S/C19H26O5/c1-9(2)18(22)24-17-13-10(3)8-23-16(13)15(21)14-12(20)7-6-11(4)19(14,17)5/h8-9,11-12,14,17,20H,6-7H2,1-5H3/t11-,12+,14-,17-,19-/m1/s1. The number of esters is 1. The Morgan fingerprint density at radius 3 is 2.71 bits per heavy atom. The smallest absolute Gasteiger partial charge is 0.309 e. The highest BCUT2D eigenvalue weighted by atomic mass is 16.5. The van der Waals surface area contributed by atoms with Gasteiger partial charge >= 0.3 is 5.97 Å². The van der Waals surface area contributed by atoms with Crippen LogP contribution < -0.4 is 0 Å². The summed E-state index contributed by atoms with van der Waals surface area (Å²) in [5, 5.41) is 10.5. The molecule has 2 aliphatic rings. The number of furan rings is 1. The van der Waals surface area contributed by atoms with Gasteiger partial charge in [-0.05, 0) is 31.2 Å². The molecule has 0 unspecified atom stereocenters. The summed E-state index contributed by atoms with van der Waals surface area (Å²) in [6.07, 6.45) is 1.60. The Hall–Kier alpha value is -1.62.